The van der Waals surface area contributed by atoms with E-state index >= 15 is 0 Å². The van der Waals surface area contributed by atoms with Crippen LogP contribution in [0.3, 0.4) is 0 Å². The fourth-order valence-corrected chi connectivity index (χ4v) is 6.01. The van der Waals surface area contributed by atoms with Crippen molar-refractivity contribution in [2.45, 2.75) is 51.6 Å². The summed E-state index contributed by atoms with van der Waals surface area (Å²) in [5, 5.41) is 13.9. The third-order valence-corrected chi connectivity index (χ3v) is 7.92. The Labute approximate surface area is 224 Å². The number of rotatable bonds is 5. The standard InChI is InChI=1S/C28H28ClN7O2/c1-4-18-14-20(16(3)35(18)28(37)38-5-2)23-10-13-31-27-24(19-6-7-22(29)26-21(19)15-32-33-26)25(34-36(23)27)17-8-11-30-12-9-17/h6-13,15-16,18,20H,4-5,14H2,1-3H3,(H,32,33). The van der Waals surface area contributed by atoms with Crippen LogP contribution in [0.2, 0.25) is 5.02 Å². The molecule has 0 spiro atoms. The summed E-state index contributed by atoms with van der Waals surface area (Å²) in [7, 11) is 0. The maximum atomic E-state index is 12.9. The second kappa shape index (κ2) is 9.72. The predicted octanol–water partition coefficient (Wildman–Crippen LogP) is 6.10. The van der Waals surface area contributed by atoms with E-state index in [-0.39, 0.29) is 24.1 Å². The molecule has 3 unspecified atom stereocenters. The highest BCUT2D eigenvalue weighted by molar-refractivity contribution is 6.35. The summed E-state index contributed by atoms with van der Waals surface area (Å²) < 4.78 is 7.35. The number of pyridine rings is 1. The lowest BCUT2D eigenvalue weighted by Gasteiger charge is -2.28. The van der Waals surface area contributed by atoms with E-state index in [1.165, 1.54) is 0 Å². The first kappa shape index (κ1) is 24.4. The first-order valence-electron chi connectivity index (χ1n) is 12.9. The van der Waals surface area contributed by atoms with Crippen LogP contribution in [0.4, 0.5) is 4.79 Å². The van der Waals surface area contributed by atoms with Crippen molar-refractivity contribution >= 4 is 34.2 Å². The minimum atomic E-state index is -0.262. The molecule has 1 aromatic carbocycles. The number of carbonyl (C=O) groups is 1. The van der Waals surface area contributed by atoms with Crippen LogP contribution in [-0.4, -0.2) is 59.5 Å². The van der Waals surface area contributed by atoms with Gasteiger partial charge in [0.1, 0.15) is 5.69 Å². The second-order valence-corrected chi connectivity index (χ2v) is 9.98. The number of carbonyl (C=O) groups excluding carboxylic acids is 1. The van der Waals surface area contributed by atoms with Gasteiger partial charge in [0, 0.05) is 47.5 Å². The molecule has 3 atom stereocenters. The van der Waals surface area contributed by atoms with E-state index in [1.54, 1.807) is 18.6 Å². The number of benzene rings is 1. The highest BCUT2D eigenvalue weighted by atomic mass is 35.5. The lowest BCUT2D eigenvalue weighted by Crippen LogP contribution is -2.41. The van der Waals surface area contributed by atoms with Gasteiger partial charge in [-0.3, -0.25) is 10.1 Å². The number of amides is 1. The number of aromatic nitrogens is 6. The number of hydrogen-bond donors (Lipinski definition) is 1. The SMILES string of the molecule is CCOC(=O)N1C(CC)CC(c2ccnc3c(-c4ccc(Cl)c5[nH]ncc45)c(-c4ccncc4)nn23)C1C. The van der Waals surface area contributed by atoms with Gasteiger partial charge in [-0.15, -0.1) is 0 Å². The Morgan fingerprint density at radius 1 is 1.16 bits per heavy atom. The molecule has 1 aliphatic rings. The van der Waals surface area contributed by atoms with Crippen molar-refractivity contribution < 1.29 is 9.53 Å². The smallest absolute Gasteiger partial charge is 0.410 e. The second-order valence-electron chi connectivity index (χ2n) is 9.57. The van der Waals surface area contributed by atoms with Gasteiger partial charge in [-0.25, -0.2) is 14.3 Å². The van der Waals surface area contributed by atoms with E-state index in [0.29, 0.717) is 11.6 Å². The summed E-state index contributed by atoms with van der Waals surface area (Å²) in [5.74, 6) is 0.0621. The Hall–Kier alpha value is -3.98. The molecule has 194 valence electrons. The Bertz CT molecular complexity index is 1630. The molecule has 1 fully saturated rings. The van der Waals surface area contributed by atoms with Gasteiger partial charge in [-0.2, -0.15) is 10.2 Å². The van der Waals surface area contributed by atoms with Crippen LogP contribution in [0.5, 0.6) is 0 Å². The Morgan fingerprint density at radius 3 is 2.74 bits per heavy atom. The number of aromatic amines is 1. The highest BCUT2D eigenvalue weighted by Crippen LogP contribution is 2.43. The third-order valence-electron chi connectivity index (χ3n) is 7.61. The molecule has 10 heteroatoms. The first-order valence-corrected chi connectivity index (χ1v) is 13.3. The normalized spacial score (nSPS) is 19.5. The maximum absolute atomic E-state index is 12.9. The van der Waals surface area contributed by atoms with Crippen molar-refractivity contribution in [3.05, 3.63) is 65.8 Å². The average Bonchev–Trinajstić information content (AvgIpc) is 3.65. The van der Waals surface area contributed by atoms with Gasteiger partial charge in [0.2, 0.25) is 0 Å². The molecule has 38 heavy (non-hydrogen) atoms. The van der Waals surface area contributed by atoms with Crippen LogP contribution >= 0.6 is 11.6 Å². The number of nitrogens with one attached hydrogen (secondary N) is 1. The number of hydrogen-bond acceptors (Lipinski definition) is 6. The highest BCUT2D eigenvalue weighted by Gasteiger charge is 2.43. The molecular weight excluding hydrogens is 502 g/mol. The van der Waals surface area contributed by atoms with E-state index in [2.05, 4.69) is 29.0 Å². The van der Waals surface area contributed by atoms with Crippen molar-refractivity contribution in [2.75, 3.05) is 6.61 Å². The van der Waals surface area contributed by atoms with Gasteiger partial charge in [0.05, 0.1) is 34.6 Å². The fraction of sp³-hybridized carbons (Fsp3) is 0.321. The van der Waals surface area contributed by atoms with Crippen molar-refractivity contribution in [3.63, 3.8) is 0 Å². The van der Waals surface area contributed by atoms with E-state index < -0.39 is 0 Å². The summed E-state index contributed by atoms with van der Waals surface area (Å²) in [6.45, 7) is 6.39. The molecule has 9 nitrogen and oxygen atoms in total. The summed E-state index contributed by atoms with van der Waals surface area (Å²) in [4.78, 5) is 23.8. The van der Waals surface area contributed by atoms with Crippen molar-refractivity contribution in [3.8, 4) is 22.4 Å². The first-order chi connectivity index (χ1) is 18.5. The van der Waals surface area contributed by atoms with Crippen LogP contribution in [0.1, 0.15) is 45.2 Å². The zero-order chi connectivity index (χ0) is 26.4. The van der Waals surface area contributed by atoms with Crippen LogP contribution in [0.15, 0.2) is 55.1 Å². The predicted molar refractivity (Wildman–Crippen MR) is 146 cm³/mol. The summed E-state index contributed by atoms with van der Waals surface area (Å²) in [6.07, 6.45) is 8.54. The molecular formula is C28H28ClN7O2. The molecule has 5 aromatic rings. The van der Waals surface area contributed by atoms with Gasteiger partial charge in [-0.1, -0.05) is 24.6 Å². The summed E-state index contributed by atoms with van der Waals surface area (Å²) in [5.41, 5.74) is 6.04. The van der Waals surface area contributed by atoms with E-state index in [1.807, 2.05) is 52.9 Å². The van der Waals surface area contributed by atoms with E-state index in [0.717, 1.165) is 57.5 Å². The fourth-order valence-electron chi connectivity index (χ4n) is 5.80. The molecule has 0 radical (unpaired) electrons. The number of ether oxygens (including phenoxy) is 1. The lowest BCUT2D eigenvalue weighted by atomic mass is 9.95. The lowest BCUT2D eigenvalue weighted by molar-refractivity contribution is 0.0888. The number of halogens is 1. The average molecular weight is 530 g/mol. The monoisotopic (exact) mass is 529 g/mol. The van der Waals surface area contributed by atoms with Gasteiger partial charge in [0.15, 0.2) is 5.65 Å². The van der Waals surface area contributed by atoms with E-state index in [9.17, 15) is 4.79 Å². The number of nitrogens with zero attached hydrogens (tertiary/aromatic N) is 6. The molecule has 0 bridgehead atoms. The molecule has 1 amide bonds. The van der Waals surface area contributed by atoms with Crippen LogP contribution in [0.25, 0.3) is 38.9 Å². The molecule has 0 saturated carbocycles. The molecule has 1 aliphatic heterocycles. The van der Waals surface area contributed by atoms with Crippen LogP contribution in [-0.2, 0) is 4.74 Å². The van der Waals surface area contributed by atoms with Crippen molar-refractivity contribution in [1.29, 1.82) is 0 Å². The van der Waals surface area contributed by atoms with Crippen LogP contribution in [0, 0.1) is 0 Å². The molecule has 4 aromatic heterocycles. The van der Waals surface area contributed by atoms with Crippen molar-refractivity contribution in [2.24, 2.45) is 0 Å². The van der Waals surface area contributed by atoms with Gasteiger partial charge < -0.3 is 9.64 Å². The quantitative estimate of drug-likeness (QED) is 0.295. The summed E-state index contributed by atoms with van der Waals surface area (Å²) >= 11 is 6.46. The molecule has 0 aliphatic carbocycles. The zero-order valence-corrected chi connectivity index (χ0v) is 22.2. The number of H-pyrrole nitrogens is 1. The molecule has 5 heterocycles. The van der Waals surface area contributed by atoms with E-state index in [4.69, 9.17) is 26.4 Å². The Morgan fingerprint density at radius 2 is 1.97 bits per heavy atom. The van der Waals surface area contributed by atoms with Gasteiger partial charge >= 0.3 is 6.09 Å². The minimum Gasteiger partial charge on any atom is -0.450 e. The minimum absolute atomic E-state index is 0.0577. The Kier molecular flexibility index (Phi) is 6.23. The van der Waals surface area contributed by atoms with Crippen LogP contribution < -0.4 is 0 Å². The van der Waals surface area contributed by atoms with Gasteiger partial charge in [-0.05, 0) is 56.5 Å². The Balaban J connectivity index is 1.57. The molecule has 1 N–H and O–H groups in total. The van der Waals surface area contributed by atoms with Crippen molar-refractivity contribution in [1.82, 2.24) is 34.7 Å². The third kappa shape index (κ3) is 3.80. The largest absolute Gasteiger partial charge is 0.450 e. The molecule has 1 saturated heterocycles. The number of fused-ring (bicyclic) bond motifs is 2. The number of likely N-dealkylation sites (tertiary alicyclic amines) is 1. The topological polar surface area (TPSA) is 101 Å². The zero-order valence-electron chi connectivity index (χ0n) is 21.4. The van der Waals surface area contributed by atoms with Gasteiger partial charge in [0.25, 0.3) is 0 Å². The maximum Gasteiger partial charge on any atom is 0.410 e. The molecule has 6 rings (SSSR count). The summed E-state index contributed by atoms with van der Waals surface area (Å²) in [6, 6.07) is 9.79.